The Labute approximate surface area is 281 Å². The summed E-state index contributed by atoms with van der Waals surface area (Å²) in [5, 5.41) is 5.72. The van der Waals surface area contributed by atoms with Gasteiger partial charge in [0.1, 0.15) is 17.5 Å². The van der Waals surface area contributed by atoms with Crippen LogP contribution in [0.4, 0.5) is 22.0 Å². The molecule has 2 fully saturated rings. The Kier molecular flexibility index (Phi) is 7.80. The molecule has 9 nitrogen and oxygen atoms in total. The molecule has 0 radical (unpaired) electrons. The van der Waals surface area contributed by atoms with Crippen molar-refractivity contribution in [1.29, 1.82) is 0 Å². The van der Waals surface area contributed by atoms with Crippen LogP contribution in [-0.2, 0) is 29.8 Å². The molecule has 0 amide bonds. The Morgan fingerprint density at radius 2 is 1.80 bits per heavy atom. The van der Waals surface area contributed by atoms with Crippen LogP contribution in [-0.4, -0.2) is 55.4 Å². The van der Waals surface area contributed by atoms with Crippen molar-refractivity contribution in [1.82, 2.24) is 29.6 Å². The molecule has 5 aromatic rings. The van der Waals surface area contributed by atoms with Crippen LogP contribution in [0.25, 0.3) is 22.4 Å². The number of imidazole rings is 1. The number of ether oxygens (including phenoxy) is 3. The van der Waals surface area contributed by atoms with Gasteiger partial charge in [-0.2, -0.15) is 18.3 Å². The van der Waals surface area contributed by atoms with Crippen molar-refractivity contribution in [2.24, 2.45) is 0 Å². The molecule has 49 heavy (non-hydrogen) atoms. The second-order valence-electron chi connectivity index (χ2n) is 12.7. The Morgan fingerprint density at radius 1 is 1.00 bits per heavy atom. The van der Waals surface area contributed by atoms with Crippen LogP contribution < -0.4 is 9.47 Å². The summed E-state index contributed by atoms with van der Waals surface area (Å²) >= 11 is 5.97. The predicted molar refractivity (Wildman–Crippen MR) is 168 cm³/mol. The lowest BCUT2D eigenvalue weighted by Crippen LogP contribution is -2.35. The molecule has 5 heterocycles. The van der Waals surface area contributed by atoms with E-state index in [1.807, 2.05) is 27.9 Å². The first-order valence-electron chi connectivity index (χ1n) is 15.9. The van der Waals surface area contributed by atoms with Crippen LogP contribution in [0.1, 0.15) is 54.9 Å². The number of nitrogens with zero attached hydrogens (tertiary/aromatic N) is 5. The maximum absolute atomic E-state index is 15.4. The second-order valence-corrected chi connectivity index (χ2v) is 13.2. The van der Waals surface area contributed by atoms with Gasteiger partial charge in [0.2, 0.25) is 5.82 Å². The highest BCUT2D eigenvalue weighted by molar-refractivity contribution is 6.30. The lowest BCUT2D eigenvalue weighted by atomic mass is 9.88. The van der Waals surface area contributed by atoms with Crippen LogP contribution in [0.2, 0.25) is 5.02 Å². The number of fused-ring (bicyclic) bond motifs is 2. The van der Waals surface area contributed by atoms with Gasteiger partial charge in [0.05, 0.1) is 41.4 Å². The average molecular weight is 701 g/mol. The fourth-order valence-corrected chi connectivity index (χ4v) is 7.03. The number of likely N-dealkylation sites (tertiary alicyclic amines) is 1. The largest absolute Gasteiger partial charge is 0.451 e. The van der Waals surface area contributed by atoms with Crippen LogP contribution in [0, 0.1) is 11.6 Å². The fourth-order valence-electron chi connectivity index (χ4n) is 6.87. The molecule has 0 spiro atoms. The van der Waals surface area contributed by atoms with E-state index in [-0.39, 0.29) is 28.2 Å². The zero-order valence-electron chi connectivity index (χ0n) is 26.2. The van der Waals surface area contributed by atoms with Crippen LogP contribution >= 0.6 is 11.6 Å². The zero-order valence-corrected chi connectivity index (χ0v) is 26.9. The number of aromatic nitrogens is 5. The Morgan fingerprint density at radius 3 is 2.49 bits per heavy atom. The van der Waals surface area contributed by atoms with Crippen molar-refractivity contribution in [3.05, 3.63) is 88.0 Å². The summed E-state index contributed by atoms with van der Waals surface area (Å²) in [6, 6.07) is 12.8. The number of halogens is 6. The summed E-state index contributed by atoms with van der Waals surface area (Å²) in [7, 11) is 0. The smallest absolute Gasteiger partial charge is 0.444 e. The van der Waals surface area contributed by atoms with Gasteiger partial charge in [-0.1, -0.05) is 23.7 Å². The number of H-pyrrole nitrogens is 1. The molecular weight excluding hydrogens is 671 g/mol. The summed E-state index contributed by atoms with van der Waals surface area (Å²) < 4.78 is 89.7. The molecule has 0 bridgehead atoms. The van der Waals surface area contributed by atoms with E-state index in [9.17, 15) is 17.6 Å². The topological polar surface area (TPSA) is 90.3 Å². The number of nitrogens with one attached hydrogen (secondary N) is 1. The molecule has 0 aliphatic carbocycles. The molecule has 2 atom stereocenters. The van der Waals surface area contributed by atoms with E-state index in [4.69, 9.17) is 30.8 Å². The van der Waals surface area contributed by atoms with Gasteiger partial charge in [-0.15, -0.1) is 0 Å². The van der Waals surface area contributed by atoms with Crippen molar-refractivity contribution in [2.45, 2.75) is 63.3 Å². The Balaban J connectivity index is 1.01. The van der Waals surface area contributed by atoms with Gasteiger partial charge < -0.3 is 18.8 Å². The summed E-state index contributed by atoms with van der Waals surface area (Å²) in [6.45, 7) is 4.75. The maximum Gasteiger partial charge on any atom is 0.451 e. The molecule has 0 saturated carbocycles. The van der Waals surface area contributed by atoms with E-state index in [1.165, 1.54) is 18.2 Å². The number of hydrogen-bond acceptors (Lipinski definition) is 7. The number of aromatic amines is 1. The number of para-hydroxylation sites is 1. The molecule has 2 aromatic heterocycles. The first-order valence-corrected chi connectivity index (χ1v) is 16.3. The molecular formula is C34H30ClF5N6O3. The highest BCUT2D eigenvalue weighted by atomic mass is 35.5. The zero-order chi connectivity index (χ0) is 34.1. The molecule has 256 valence electrons. The van der Waals surface area contributed by atoms with E-state index in [0.29, 0.717) is 48.1 Å². The quantitative estimate of drug-likeness (QED) is 0.175. The van der Waals surface area contributed by atoms with Crippen molar-refractivity contribution < 1.29 is 36.2 Å². The summed E-state index contributed by atoms with van der Waals surface area (Å²) in [6.07, 6.45) is -2.30. The van der Waals surface area contributed by atoms with Crippen LogP contribution in [0.5, 0.6) is 11.5 Å². The first-order chi connectivity index (χ1) is 23.4. The van der Waals surface area contributed by atoms with Gasteiger partial charge >= 0.3 is 6.18 Å². The SMILES string of the molecule is CC1(c2ccc(Cl)cc2F)Oc2cccc(C3CCN(Cc4nc5cc(-c6n[nH]c(C(F)(F)F)n6)c(F)cc5n4C[C@@H]4CCO4)CC3)c2O1. The van der Waals surface area contributed by atoms with E-state index in [0.717, 1.165) is 37.9 Å². The van der Waals surface area contributed by atoms with Crippen LogP contribution in [0.15, 0.2) is 48.5 Å². The number of alkyl halides is 3. The predicted octanol–water partition coefficient (Wildman–Crippen LogP) is 7.58. The van der Waals surface area contributed by atoms with Crippen LogP contribution in [0.3, 0.4) is 0 Å². The number of hydrogen-bond donors (Lipinski definition) is 1. The molecule has 3 aromatic carbocycles. The van der Waals surface area contributed by atoms with E-state index < -0.39 is 35.2 Å². The van der Waals surface area contributed by atoms with Crippen molar-refractivity contribution in [3.8, 4) is 22.9 Å². The minimum atomic E-state index is -4.74. The average Bonchev–Trinajstić information content (AvgIpc) is 3.74. The van der Waals surface area contributed by atoms with Gasteiger partial charge in [0.25, 0.3) is 5.79 Å². The number of rotatable bonds is 7. The molecule has 1 N–H and O–H groups in total. The fraction of sp³-hybridized carbons (Fsp3) is 0.382. The summed E-state index contributed by atoms with van der Waals surface area (Å²) in [5.41, 5.74) is 2.02. The third-order valence-electron chi connectivity index (χ3n) is 9.51. The van der Waals surface area contributed by atoms with Crippen molar-refractivity contribution >= 4 is 22.6 Å². The minimum Gasteiger partial charge on any atom is -0.444 e. The molecule has 1 unspecified atom stereocenters. The summed E-state index contributed by atoms with van der Waals surface area (Å²) in [5.74, 6) is -2.29. The maximum atomic E-state index is 15.4. The lowest BCUT2D eigenvalue weighted by molar-refractivity contribution is -0.144. The molecule has 2 saturated heterocycles. The summed E-state index contributed by atoms with van der Waals surface area (Å²) in [4.78, 5) is 10.6. The third kappa shape index (κ3) is 5.89. The third-order valence-corrected chi connectivity index (χ3v) is 9.75. The molecule has 3 aliphatic heterocycles. The van der Waals surface area contributed by atoms with E-state index >= 15 is 4.39 Å². The lowest BCUT2D eigenvalue weighted by Gasteiger charge is -2.33. The number of benzene rings is 3. The normalized spacial score (nSPS) is 21.4. The highest BCUT2D eigenvalue weighted by Gasteiger charge is 2.43. The second kappa shape index (κ2) is 12.0. The van der Waals surface area contributed by atoms with Gasteiger partial charge in [-0.3, -0.25) is 10.00 Å². The van der Waals surface area contributed by atoms with Gasteiger partial charge in [0.15, 0.2) is 17.3 Å². The monoisotopic (exact) mass is 700 g/mol. The minimum absolute atomic E-state index is 0.0404. The standard InChI is InChI=1S/C34H30ClF5N6O3/c1-33(23-6-5-19(35)13-25(23)37)48-28-4-2-3-21(30(28)49-33)18-7-10-45(11-8-18)17-29-41-26-14-22(31-42-32(44-43-31)34(38,39)40)24(36)15-27(26)46(29)16-20-9-12-47-20/h2-6,13-15,18,20H,7-12,16-17H2,1H3,(H,42,43,44)/t20-,33?/m0/s1. The number of piperidine rings is 1. The Hall–Kier alpha value is -4.27. The van der Waals surface area contributed by atoms with Crippen molar-refractivity contribution in [3.63, 3.8) is 0 Å². The molecule has 3 aliphatic rings. The van der Waals surface area contributed by atoms with Crippen molar-refractivity contribution in [2.75, 3.05) is 19.7 Å². The van der Waals surface area contributed by atoms with Gasteiger partial charge in [-0.05, 0) is 68.6 Å². The molecule has 15 heteroatoms. The van der Waals surface area contributed by atoms with E-state index in [2.05, 4.69) is 15.0 Å². The Bertz CT molecular complexity index is 2060. The van der Waals surface area contributed by atoms with E-state index in [1.54, 1.807) is 19.1 Å². The molecule has 8 rings (SSSR count). The van der Waals surface area contributed by atoms with Gasteiger partial charge in [-0.25, -0.2) is 18.7 Å². The highest BCUT2D eigenvalue weighted by Crippen LogP contribution is 2.50. The van der Waals surface area contributed by atoms with Gasteiger partial charge in [0, 0.05) is 30.2 Å². The first kappa shape index (κ1) is 32.0.